The molecule has 0 fully saturated rings. The number of pyridine rings is 1. The summed E-state index contributed by atoms with van der Waals surface area (Å²) in [5.74, 6) is 0.164. The third kappa shape index (κ3) is 2.49. The van der Waals surface area contributed by atoms with Crippen LogP contribution in [0.25, 0.3) is 5.65 Å². The Kier molecular flexibility index (Phi) is 2.79. The molecule has 0 spiro atoms. The fraction of sp³-hybridized carbons (Fsp3) is 0.0714. The van der Waals surface area contributed by atoms with Crippen LogP contribution in [0.4, 0.5) is 10.1 Å². The van der Waals surface area contributed by atoms with Crippen molar-refractivity contribution in [3.8, 4) is 5.75 Å². The number of nitrogens with zero attached hydrogens (tertiary/aromatic N) is 2. The Bertz CT molecular complexity index is 724. The quantitative estimate of drug-likeness (QED) is 0.784. The normalized spacial score (nSPS) is 10.8. The van der Waals surface area contributed by atoms with Gasteiger partial charge in [0.15, 0.2) is 0 Å². The summed E-state index contributed by atoms with van der Waals surface area (Å²) in [7, 11) is 0. The third-order valence-corrected chi connectivity index (χ3v) is 2.72. The number of anilines is 1. The molecule has 3 aromatic rings. The van der Waals surface area contributed by atoms with Gasteiger partial charge in [-0.1, -0.05) is 6.07 Å². The Morgan fingerprint density at radius 1 is 1.26 bits per heavy atom. The first-order valence-corrected chi connectivity index (χ1v) is 5.82. The average molecular weight is 257 g/mol. The highest BCUT2D eigenvalue weighted by Gasteiger charge is 2.03. The second-order valence-corrected chi connectivity index (χ2v) is 4.20. The van der Waals surface area contributed by atoms with Crippen LogP contribution >= 0.6 is 0 Å². The van der Waals surface area contributed by atoms with E-state index < -0.39 is 0 Å². The van der Waals surface area contributed by atoms with Crippen LogP contribution < -0.4 is 10.5 Å². The number of nitrogens with two attached hydrogens (primary N) is 1. The SMILES string of the molecule is Nc1ccn2cc(COc3cccc(F)c3)nc2c1. The van der Waals surface area contributed by atoms with Gasteiger partial charge < -0.3 is 14.9 Å². The molecular formula is C14H12FN3O. The van der Waals surface area contributed by atoms with Crippen molar-refractivity contribution in [2.75, 3.05) is 5.73 Å². The lowest BCUT2D eigenvalue weighted by atomic mass is 10.3. The zero-order valence-corrected chi connectivity index (χ0v) is 10.1. The van der Waals surface area contributed by atoms with Gasteiger partial charge in [-0.15, -0.1) is 0 Å². The molecule has 19 heavy (non-hydrogen) atoms. The highest BCUT2D eigenvalue weighted by atomic mass is 19.1. The van der Waals surface area contributed by atoms with Crippen molar-refractivity contribution in [3.63, 3.8) is 0 Å². The topological polar surface area (TPSA) is 52.5 Å². The molecule has 0 saturated carbocycles. The van der Waals surface area contributed by atoms with E-state index in [-0.39, 0.29) is 12.4 Å². The van der Waals surface area contributed by atoms with Crippen molar-refractivity contribution in [1.82, 2.24) is 9.38 Å². The first kappa shape index (κ1) is 11.5. The van der Waals surface area contributed by atoms with E-state index in [1.807, 2.05) is 16.8 Å². The smallest absolute Gasteiger partial charge is 0.139 e. The number of rotatable bonds is 3. The van der Waals surface area contributed by atoms with Crippen LogP contribution in [0, 0.1) is 5.82 Å². The van der Waals surface area contributed by atoms with Gasteiger partial charge in [-0.05, 0) is 18.2 Å². The molecule has 96 valence electrons. The number of aromatic nitrogens is 2. The van der Waals surface area contributed by atoms with E-state index in [0.717, 1.165) is 11.3 Å². The molecule has 0 unspecified atom stereocenters. The molecule has 0 saturated heterocycles. The number of ether oxygens (including phenoxy) is 1. The zero-order chi connectivity index (χ0) is 13.2. The molecule has 3 rings (SSSR count). The van der Waals surface area contributed by atoms with Crippen molar-refractivity contribution >= 4 is 11.3 Å². The summed E-state index contributed by atoms with van der Waals surface area (Å²) in [6, 6.07) is 9.61. The van der Waals surface area contributed by atoms with Crippen LogP contribution in [-0.2, 0) is 6.61 Å². The van der Waals surface area contributed by atoms with E-state index >= 15 is 0 Å². The van der Waals surface area contributed by atoms with Gasteiger partial charge in [0, 0.05) is 30.2 Å². The summed E-state index contributed by atoms with van der Waals surface area (Å²) in [5, 5.41) is 0. The Morgan fingerprint density at radius 2 is 2.16 bits per heavy atom. The predicted octanol–water partition coefficient (Wildman–Crippen LogP) is 2.63. The minimum absolute atomic E-state index is 0.283. The van der Waals surface area contributed by atoms with E-state index in [2.05, 4.69) is 4.98 Å². The Labute approximate surface area is 109 Å². The van der Waals surface area contributed by atoms with Crippen molar-refractivity contribution in [2.45, 2.75) is 6.61 Å². The van der Waals surface area contributed by atoms with E-state index in [9.17, 15) is 4.39 Å². The van der Waals surface area contributed by atoms with Gasteiger partial charge >= 0.3 is 0 Å². The maximum atomic E-state index is 13.0. The molecule has 0 bridgehead atoms. The van der Waals surface area contributed by atoms with Gasteiger partial charge in [0.2, 0.25) is 0 Å². The van der Waals surface area contributed by atoms with Gasteiger partial charge in [-0.3, -0.25) is 0 Å². The lowest BCUT2D eigenvalue weighted by molar-refractivity contribution is 0.300. The summed E-state index contributed by atoms with van der Waals surface area (Å²) in [6.45, 7) is 0.283. The van der Waals surface area contributed by atoms with Gasteiger partial charge in [0.1, 0.15) is 23.8 Å². The lowest BCUT2D eigenvalue weighted by Crippen LogP contribution is -1.95. The van der Waals surface area contributed by atoms with E-state index in [1.54, 1.807) is 24.3 Å². The van der Waals surface area contributed by atoms with Crippen LogP contribution in [0.15, 0.2) is 48.8 Å². The van der Waals surface area contributed by atoms with Crippen LogP contribution in [0.3, 0.4) is 0 Å². The molecule has 0 aliphatic heterocycles. The maximum absolute atomic E-state index is 13.0. The monoisotopic (exact) mass is 257 g/mol. The second kappa shape index (κ2) is 4.61. The first-order chi connectivity index (χ1) is 9.20. The van der Waals surface area contributed by atoms with Gasteiger partial charge in [0.25, 0.3) is 0 Å². The van der Waals surface area contributed by atoms with Gasteiger partial charge in [-0.2, -0.15) is 0 Å². The lowest BCUT2D eigenvalue weighted by Gasteiger charge is -2.03. The van der Waals surface area contributed by atoms with Gasteiger partial charge in [0.05, 0.1) is 5.69 Å². The summed E-state index contributed by atoms with van der Waals surface area (Å²) >= 11 is 0. The van der Waals surface area contributed by atoms with E-state index in [4.69, 9.17) is 10.5 Å². The molecule has 0 amide bonds. The van der Waals surface area contributed by atoms with Crippen molar-refractivity contribution in [3.05, 3.63) is 60.3 Å². The standard InChI is InChI=1S/C14H12FN3O/c15-10-2-1-3-13(6-10)19-9-12-8-18-5-4-11(16)7-14(18)17-12/h1-8H,9,16H2. The van der Waals surface area contributed by atoms with Crippen LogP contribution in [0.2, 0.25) is 0 Å². The van der Waals surface area contributed by atoms with Crippen LogP contribution in [0.5, 0.6) is 5.75 Å². The minimum atomic E-state index is -0.319. The molecule has 0 radical (unpaired) electrons. The largest absolute Gasteiger partial charge is 0.487 e. The Morgan fingerprint density at radius 3 is 3.00 bits per heavy atom. The molecule has 2 N–H and O–H groups in total. The molecule has 2 heterocycles. The number of hydrogen-bond acceptors (Lipinski definition) is 3. The van der Waals surface area contributed by atoms with Crippen LogP contribution in [0.1, 0.15) is 5.69 Å². The number of halogens is 1. The highest BCUT2D eigenvalue weighted by Crippen LogP contribution is 2.15. The van der Waals surface area contributed by atoms with Gasteiger partial charge in [-0.25, -0.2) is 9.37 Å². The van der Waals surface area contributed by atoms with Crippen LogP contribution in [-0.4, -0.2) is 9.38 Å². The Balaban J connectivity index is 1.78. The number of benzene rings is 1. The van der Waals surface area contributed by atoms with Crippen molar-refractivity contribution in [1.29, 1.82) is 0 Å². The zero-order valence-electron chi connectivity index (χ0n) is 10.1. The number of imidazole rings is 1. The van der Waals surface area contributed by atoms with Crippen molar-refractivity contribution < 1.29 is 9.13 Å². The summed E-state index contributed by atoms with van der Waals surface area (Å²) in [4.78, 5) is 4.38. The minimum Gasteiger partial charge on any atom is -0.487 e. The van der Waals surface area contributed by atoms with E-state index in [1.165, 1.54) is 12.1 Å². The fourth-order valence-corrected chi connectivity index (χ4v) is 1.83. The molecule has 1 aromatic carbocycles. The third-order valence-electron chi connectivity index (χ3n) is 2.72. The molecule has 2 aromatic heterocycles. The first-order valence-electron chi connectivity index (χ1n) is 5.82. The molecule has 0 aliphatic carbocycles. The molecular weight excluding hydrogens is 245 g/mol. The fourth-order valence-electron chi connectivity index (χ4n) is 1.83. The number of hydrogen-bond donors (Lipinski definition) is 1. The maximum Gasteiger partial charge on any atom is 0.139 e. The molecule has 0 aliphatic rings. The second-order valence-electron chi connectivity index (χ2n) is 4.20. The number of fused-ring (bicyclic) bond motifs is 1. The van der Waals surface area contributed by atoms with E-state index in [0.29, 0.717) is 11.4 Å². The van der Waals surface area contributed by atoms with Crippen molar-refractivity contribution in [2.24, 2.45) is 0 Å². The summed E-state index contributed by atoms with van der Waals surface area (Å²) in [6.07, 6.45) is 3.69. The molecule has 5 heteroatoms. The number of nitrogen functional groups attached to an aromatic ring is 1. The molecule has 0 atom stereocenters. The summed E-state index contributed by atoms with van der Waals surface area (Å²) < 4.78 is 20.3. The average Bonchev–Trinajstić information content (AvgIpc) is 2.78. The molecule has 4 nitrogen and oxygen atoms in total. The summed E-state index contributed by atoms with van der Waals surface area (Å²) in [5.41, 5.74) is 7.87. The predicted molar refractivity (Wildman–Crippen MR) is 70.3 cm³/mol. The highest BCUT2D eigenvalue weighted by molar-refractivity contribution is 5.52. The Hall–Kier alpha value is -2.56.